The van der Waals surface area contributed by atoms with Crippen molar-refractivity contribution in [3.63, 3.8) is 0 Å². The predicted octanol–water partition coefficient (Wildman–Crippen LogP) is 3.14. The van der Waals surface area contributed by atoms with Crippen LogP contribution < -0.4 is 10.6 Å². The first-order valence-corrected chi connectivity index (χ1v) is 8.36. The van der Waals surface area contributed by atoms with E-state index in [1.54, 1.807) is 7.05 Å². The van der Waals surface area contributed by atoms with Gasteiger partial charge in [0.05, 0.1) is 0 Å². The zero-order chi connectivity index (χ0) is 17.2. The van der Waals surface area contributed by atoms with Gasteiger partial charge >= 0.3 is 0 Å². The molecule has 1 aromatic carbocycles. The molecular formula is C18H27FIN5. The minimum atomic E-state index is -0.199. The summed E-state index contributed by atoms with van der Waals surface area (Å²) in [6.45, 7) is 4.65. The number of nitrogens with zero attached hydrogens (tertiary/aromatic N) is 3. The fourth-order valence-electron chi connectivity index (χ4n) is 2.45. The van der Waals surface area contributed by atoms with Gasteiger partial charge in [-0.15, -0.1) is 24.0 Å². The van der Waals surface area contributed by atoms with Crippen molar-refractivity contribution in [1.29, 1.82) is 0 Å². The molecule has 0 bridgehead atoms. The van der Waals surface area contributed by atoms with Gasteiger partial charge in [0.25, 0.3) is 0 Å². The Morgan fingerprint density at radius 3 is 2.52 bits per heavy atom. The molecule has 0 fully saturated rings. The maximum absolute atomic E-state index is 12.9. The Morgan fingerprint density at radius 2 is 1.88 bits per heavy atom. The lowest BCUT2D eigenvalue weighted by atomic mass is 10.1. The number of unbranched alkanes of at least 4 members (excludes halogenated alkanes) is 1. The maximum Gasteiger partial charge on any atom is 0.190 e. The number of aliphatic imine (C=N–C) groups is 1. The summed E-state index contributed by atoms with van der Waals surface area (Å²) in [5.41, 5.74) is 1.11. The van der Waals surface area contributed by atoms with E-state index in [4.69, 9.17) is 0 Å². The van der Waals surface area contributed by atoms with E-state index in [9.17, 15) is 4.39 Å². The van der Waals surface area contributed by atoms with E-state index in [-0.39, 0.29) is 29.8 Å². The van der Waals surface area contributed by atoms with Crippen molar-refractivity contribution in [2.45, 2.75) is 32.7 Å². The molecule has 1 heterocycles. The topological polar surface area (TPSA) is 54.2 Å². The van der Waals surface area contributed by atoms with E-state index in [0.717, 1.165) is 56.2 Å². The molecule has 0 spiro atoms. The minimum absolute atomic E-state index is 0. The zero-order valence-corrected chi connectivity index (χ0v) is 17.2. The largest absolute Gasteiger partial charge is 0.356 e. The third-order valence-corrected chi connectivity index (χ3v) is 3.88. The van der Waals surface area contributed by atoms with Crippen LogP contribution in [0.25, 0.3) is 0 Å². The van der Waals surface area contributed by atoms with Crippen molar-refractivity contribution >= 4 is 29.9 Å². The summed E-state index contributed by atoms with van der Waals surface area (Å²) in [7, 11) is 1.77. The van der Waals surface area contributed by atoms with Crippen molar-refractivity contribution in [2.75, 3.05) is 20.1 Å². The Morgan fingerprint density at radius 1 is 1.16 bits per heavy atom. The van der Waals surface area contributed by atoms with Crippen molar-refractivity contribution in [3.05, 3.63) is 53.9 Å². The van der Waals surface area contributed by atoms with Crippen LogP contribution in [0, 0.1) is 12.7 Å². The molecule has 0 aliphatic rings. The molecule has 0 aliphatic heterocycles. The first-order chi connectivity index (χ1) is 11.7. The average Bonchev–Trinajstić information content (AvgIpc) is 3.00. The minimum Gasteiger partial charge on any atom is -0.356 e. The van der Waals surface area contributed by atoms with Gasteiger partial charge in [0.1, 0.15) is 11.6 Å². The maximum atomic E-state index is 12.9. The monoisotopic (exact) mass is 459 g/mol. The molecule has 0 saturated heterocycles. The van der Waals surface area contributed by atoms with Gasteiger partial charge in [-0.05, 0) is 43.9 Å². The van der Waals surface area contributed by atoms with Gasteiger partial charge in [-0.2, -0.15) is 0 Å². The SMILES string of the molecule is CN=C(NCCCCn1ccnc1C)NCCc1ccc(F)cc1.I. The highest BCUT2D eigenvalue weighted by Gasteiger charge is 1.99. The van der Waals surface area contributed by atoms with Gasteiger partial charge < -0.3 is 15.2 Å². The molecule has 0 radical (unpaired) electrons. The van der Waals surface area contributed by atoms with Gasteiger partial charge in [0.15, 0.2) is 5.96 Å². The van der Waals surface area contributed by atoms with Gasteiger partial charge in [-0.3, -0.25) is 4.99 Å². The Kier molecular flexibility index (Phi) is 10.1. The highest BCUT2D eigenvalue weighted by Crippen LogP contribution is 2.02. The second-order valence-corrected chi connectivity index (χ2v) is 5.68. The quantitative estimate of drug-likeness (QED) is 0.276. The lowest BCUT2D eigenvalue weighted by Crippen LogP contribution is -2.38. The number of hydrogen-bond acceptors (Lipinski definition) is 2. The number of benzene rings is 1. The first-order valence-electron chi connectivity index (χ1n) is 8.36. The standard InChI is InChI=1S/C18H26FN5.HI/c1-15-21-12-14-24(15)13-4-3-10-22-18(20-2)23-11-9-16-5-7-17(19)8-6-16;/h5-8,12,14H,3-4,9-11,13H2,1-2H3,(H2,20,22,23);1H. The molecule has 2 aromatic rings. The van der Waals surface area contributed by atoms with Gasteiger partial charge in [-0.25, -0.2) is 9.37 Å². The van der Waals surface area contributed by atoms with Gasteiger partial charge in [-0.1, -0.05) is 12.1 Å². The number of rotatable bonds is 8. The highest BCUT2D eigenvalue weighted by atomic mass is 127. The summed E-state index contributed by atoms with van der Waals surface area (Å²) in [4.78, 5) is 8.43. The van der Waals surface area contributed by atoms with Crippen LogP contribution in [0.15, 0.2) is 41.7 Å². The summed E-state index contributed by atoms with van der Waals surface area (Å²) in [5, 5.41) is 6.59. The van der Waals surface area contributed by atoms with Crippen LogP contribution in [0.4, 0.5) is 4.39 Å². The molecule has 0 unspecified atom stereocenters. The number of halogens is 2. The van der Waals surface area contributed by atoms with E-state index in [2.05, 4.69) is 25.2 Å². The molecule has 0 amide bonds. The molecule has 0 saturated carbocycles. The van der Waals surface area contributed by atoms with Crippen LogP contribution in [0.3, 0.4) is 0 Å². The fraction of sp³-hybridized carbons (Fsp3) is 0.444. The van der Waals surface area contributed by atoms with Crippen LogP contribution in [0.5, 0.6) is 0 Å². The molecule has 138 valence electrons. The highest BCUT2D eigenvalue weighted by molar-refractivity contribution is 14.0. The Hall–Kier alpha value is -1.64. The fourth-order valence-corrected chi connectivity index (χ4v) is 2.45. The van der Waals surface area contributed by atoms with Crippen LogP contribution in [0.1, 0.15) is 24.2 Å². The van der Waals surface area contributed by atoms with Crippen molar-refractivity contribution in [3.8, 4) is 0 Å². The molecule has 0 atom stereocenters. The Balaban J connectivity index is 0.00000312. The van der Waals surface area contributed by atoms with Crippen LogP contribution in [0.2, 0.25) is 0 Å². The summed E-state index contributed by atoms with van der Waals surface area (Å²) in [5.74, 6) is 1.66. The third kappa shape index (κ3) is 7.85. The summed E-state index contributed by atoms with van der Waals surface area (Å²) in [6.07, 6.45) is 6.84. The van der Waals surface area contributed by atoms with Crippen LogP contribution >= 0.6 is 24.0 Å². The second-order valence-electron chi connectivity index (χ2n) is 5.68. The smallest absolute Gasteiger partial charge is 0.190 e. The molecule has 25 heavy (non-hydrogen) atoms. The van der Waals surface area contributed by atoms with E-state index < -0.39 is 0 Å². The van der Waals surface area contributed by atoms with E-state index >= 15 is 0 Å². The van der Waals surface area contributed by atoms with Gasteiger partial charge in [0.2, 0.25) is 0 Å². The van der Waals surface area contributed by atoms with Gasteiger partial charge in [0, 0.05) is 39.1 Å². The lowest BCUT2D eigenvalue weighted by molar-refractivity contribution is 0.588. The number of hydrogen-bond donors (Lipinski definition) is 2. The van der Waals surface area contributed by atoms with Crippen LogP contribution in [-0.2, 0) is 13.0 Å². The Labute approximate surface area is 166 Å². The molecule has 5 nitrogen and oxygen atoms in total. The second kappa shape index (κ2) is 11.8. The normalized spacial score (nSPS) is 11.1. The number of aromatic nitrogens is 2. The third-order valence-electron chi connectivity index (χ3n) is 3.88. The Bertz CT molecular complexity index is 639. The van der Waals surface area contributed by atoms with Crippen molar-refractivity contribution in [1.82, 2.24) is 20.2 Å². The average molecular weight is 459 g/mol. The number of nitrogens with one attached hydrogen (secondary N) is 2. The number of imidazole rings is 1. The van der Waals surface area contributed by atoms with Crippen molar-refractivity contribution in [2.24, 2.45) is 4.99 Å². The summed E-state index contributed by atoms with van der Waals surface area (Å²) in [6, 6.07) is 6.60. The first kappa shape index (κ1) is 21.4. The molecule has 2 rings (SSSR count). The molecule has 1 aromatic heterocycles. The molecule has 2 N–H and O–H groups in total. The lowest BCUT2D eigenvalue weighted by Gasteiger charge is -2.12. The molecule has 0 aliphatic carbocycles. The number of guanidine groups is 1. The van der Waals surface area contributed by atoms with Crippen molar-refractivity contribution < 1.29 is 4.39 Å². The summed E-state index contributed by atoms with van der Waals surface area (Å²) < 4.78 is 15.0. The predicted molar refractivity (Wildman–Crippen MR) is 111 cm³/mol. The molecular weight excluding hydrogens is 432 g/mol. The van der Waals surface area contributed by atoms with E-state index in [1.807, 2.05) is 31.5 Å². The molecule has 7 heteroatoms. The summed E-state index contributed by atoms with van der Waals surface area (Å²) >= 11 is 0. The van der Waals surface area contributed by atoms with E-state index in [0.29, 0.717) is 0 Å². The number of aryl methyl sites for hydroxylation is 2. The van der Waals surface area contributed by atoms with E-state index in [1.165, 1.54) is 12.1 Å². The van der Waals surface area contributed by atoms with Crippen LogP contribution in [-0.4, -0.2) is 35.6 Å². The zero-order valence-electron chi connectivity index (χ0n) is 14.8.